The molecule has 0 aromatic heterocycles. The van der Waals surface area contributed by atoms with E-state index in [1.165, 1.54) is 6.92 Å². The molecule has 0 aliphatic carbocycles. The normalized spacial score (nSPS) is 8.56. The summed E-state index contributed by atoms with van der Waals surface area (Å²) in [5.74, 6) is -0.574. The molecule has 0 atom stereocenters. The molecule has 0 fully saturated rings. The van der Waals surface area contributed by atoms with Crippen LogP contribution in [0.2, 0.25) is 0 Å². The molecule has 0 aromatic carbocycles. The van der Waals surface area contributed by atoms with E-state index < -0.39 is 5.78 Å². The minimum absolute atomic E-state index is 0.0544. The van der Waals surface area contributed by atoms with E-state index in [4.69, 9.17) is 0 Å². The van der Waals surface area contributed by atoms with Gasteiger partial charge in [-0.05, 0) is 6.92 Å². The number of hydrogen-bond donors (Lipinski definition) is 0. The summed E-state index contributed by atoms with van der Waals surface area (Å²) in [7, 11) is 0. The molecule has 0 aliphatic heterocycles. The Hall–Kier alpha value is -0.990. The van der Waals surface area contributed by atoms with E-state index in [-0.39, 0.29) is 24.9 Å². The second-order valence-electron chi connectivity index (χ2n) is 1.79. The molecule has 0 unspecified atom stereocenters. The van der Waals surface area contributed by atoms with Gasteiger partial charge in [0, 0.05) is 12.8 Å². The van der Waals surface area contributed by atoms with Crippen LogP contribution in [0.15, 0.2) is 0 Å². The lowest BCUT2D eigenvalue weighted by molar-refractivity contribution is -0.130. The number of aldehydes is 1. The number of hydrogen-bond acceptors (Lipinski definition) is 3. The predicted molar refractivity (Wildman–Crippen MR) is 31.0 cm³/mol. The van der Waals surface area contributed by atoms with Gasteiger partial charge in [0.15, 0.2) is 12.1 Å². The van der Waals surface area contributed by atoms with Gasteiger partial charge in [0.25, 0.3) is 0 Å². The van der Waals surface area contributed by atoms with Crippen LogP contribution >= 0.6 is 0 Å². The van der Waals surface area contributed by atoms with Gasteiger partial charge in [-0.25, -0.2) is 0 Å². The van der Waals surface area contributed by atoms with E-state index in [1.54, 1.807) is 0 Å². The van der Waals surface area contributed by atoms with Crippen LogP contribution in [0.25, 0.3) is 0 Å². The molecule has 0 amide bonds. The summed E-state index contributed by atoms with van der Waals surface area (Å²) in [6.07, 6.45) is 0.472. The lowest BCUT2D eigenvalue weighted by Gasteiger charge is -1.86. The molecule has 9 heavy (non-hydrogen) atoms. The second kappa shape index (κ2) is 3.95. The second-order valence-corrected chi connectivity index (χ2v) is 1.79. The topological polar surface area (TPSA) is 51.2 Å². The standard InChI is InChI=1S/C6H8O3/c1-5(8)2-3-6(9)4-7/h4H,2-3H2,1H3. The Balaban J connectivity index is 3.39. The zero-order chi connectivity index (χ0) is 7.28. The summed E-state index contributed by atoms with van der Waals surface area (Å²) in [6.45, 7) is 1.39. The molecular weight excluding hydrogens is 120 g/mol. The first-order valence-corrected chi connectivity index (χ1v) is 2.64. The Kier molecular flexibility index (Phi) is 3.51. The van der Waals surface area contributed by atoms with Gasteiger partial charge in [0.1, 0.15) is 5.78 Å². The van der Waals surface area contributed by atoms with E-state index in [1.807, 2.05) is 0 Å². The maximum absolute atomic E-state index is 10.2. The highest BCUT2D eigenvalue weighted by Crippen LogP contribution is 1.88. The Bertz CT molecular complexity index is 137. The fraction of sp³-hybridized carbons (Fsp3) is 0.500. The first-order chi connectivity index (χ1) is 4.16. The van der Waals surface area contributed by atoms with Crippen molar-refractivity contribution in [3.8, 4) is 0 Å². The van der Waals surface area contributed by atoms with Crippen molar-refractivity contribution in [2.75, 3.05) is 0 Å². The molecule has 3 nitrogen and oxygen atoms in total. The molecular formula is C6H8O3. The summed E-state index contributed by atoms with van der Waals surface area (Å²) < 4.78 is 0. The molecule has 0 rings (SSSR count). The molecule has 50 valence electrons. The Labute approximate surface area is 53.0 Å². The average Bonchev–Trinajstić information content (AvgIpc) is 1.83. The van der Waals surface area contributed by atoms with Crippen molar-refractivity contribution in [2.24, 2.45) is 0 Å². The van der Waals surface area contributed by atoms with Crippen molar-refractivity contribution in [1.29, 1.82) is 0 Å². The minimum Gasteiger partial charge on any atom is -0.300 e. The van der Waals surface area contributed by atoms with Crippen LogP contribution in [0.4, 0.5) is 0 Å². The SMILES string of the molecule is CC(=O)CCC(=O)C=O. The van der Waals surface area contributed by atoms with E-state index in [0.717, 1.165) is 0 Å². The predicted octanol–water partition coefficient (Wildman–Crippen LogP) is 0.124. The Morgan fingerprint density at radius 1 is 1.33 bits per heavy atom. The third-order valence-electron chi connectivity index (χ3n) is 0.855. The molecule has 0 spiro atoms. The quantitative estimate of drug-likeness (QED) is 0.399. The maximum Gasteiger partial charge on any atom is 0.195 e. The third kappa shape index (κ3) is 4.87. The van der Waals surface area contributed by atoms with Crippen molar-refractivity contribution < 1.29 is 14.4 Å². The zero-order valence-corrected chi connectivity index (χ0v) is 5.22. The van der Waals surface area contributed by atoms with Crippen molar-refractivity contribution in [1.82, 2.24) is 0 Å². The lowest BCUT2D eigenvalue weighted by Crippen LogP contribution is -2.01. The van der Waals surface area contributed by atoms with Crippen LogP contribution in [0.1, 0.15) is 19.8 Å². The first-order valence-electron chi connectivity index (χ1n) is 2.64. The van der Waals surface area contributed by atoms with Crippen LogP contribution in [-0.2, 0) is 14.4 Å². The van der Waals surface area contributed by atoms with E-state index in [2.05, 4.69) is 0 Å². The van der Waals surface area contributed by atoms with Gasteiger partial charge in [-0.3, -0.25) is 9.59 Å². The molecule has 0 aliphatic rings. The van der Waals surface area contributed by atoms with Crippen LogP contribution in [0.3, 0.4) is 0 Å². The van der Waals surface area contributed by atoms with Crippen molar-refractivity contribution in [3.05, 3.63) is 0 Å². The summed E-state index contributed by atoms with van der Waals surface area (Å²) in [5.41, 5.74) is 0. The average molecular weight is 128 g/mol. The highest BCUT2D eigenvalue weighted by atomic mass is 16.2. The van der Waals surface area contributed by atoms with Crippen molar-refractivity contribution in [3.63, 3.8) is 0 Å². The summed E-state index contributed by atoms with van der Waals surface area (Å²) in [5, 5.41) is 0. The van der Waals surface area contributed by atoms with Crippen LogP contribution in [0, 0.1) is 0 Å². The molecule has 0 radical (unpaired) electrons. The fourth-order valence-electron chi connectivity index (χ4n) is 0.358. The van der Waals surface area contributed by atoms with Gasteiger partial charge in [0.05, 0.1) is 0 Å². The number of ketones is 2. The summed E-state index contributed by atoms with van der Waals surface area (Å²) in [4.78, 5) is 30.0. The van der Waals surface area contributed by atoms with Crippen LogP contribution in [-0.4, -0.2) is 17.9 Å². The monoisotopic (exact) mass is 128 g/mol. The van der Waals surface area contributed by atoms with Crippen LogP contribution < -0.4 is 0 Å². The molecule has 0 N–H and O–H groups in total. The van der Waals surface area contributed by atoms with Crippen molar-refractivity contribution in [2.45, 2.75) is 19.8 Å². The van der Waals surface area contributed by atoms with E-state index in [0.29, 0.717) is 0 Å². The molecule has 0 aromatic rings. The molecule has 3 heteroatoms. The van der Waals surface area contributed by atoms with Gasteiger partial charge in [-0.2, -0.15) is 0 Å². The maximum atomic E-state index is 10.2. The highest BCUT2D eigenvalue weighted by molar-refractivity contribution is 6.25. The highest BCUT2D eigenvalue weighted by Gasteiger charge is 1.99. The zero-order valence-electron chi connectivity index (χ0n) is 5.22. The van der Waals surface area contributed by atoms with Crippen molar-refractivity contribution >= 4 is 17.9 Å². The lowest BCUT2D eigenvalue weighted by atomic mass is 10.2. The van der Waals surface area contributed by atoms with Crippen LogP contribution in [0.5, 0.6) is 0 Å². The number of carbonyl (C=O) groups is 3. The third-order valence-corrected chi connectivity index (χ3v) is 0.855. The minimum atomic E-state index is -0.509. The van der Waals surface area contributed by atoms with E-state index >= 15 is 0 Å². The number of carbonyl (C=O) groups excluding carboxylic acids is 3. The Morgan fingerprint density at radius 2 is 1.89 bits per heavy atom. The fourth-order valence-corrected chi connectivity index (χ4v) is 0.358. The summed E-state index contributed by atoms with van der Waals surface area (Å²) in [6, 6.07) is 0. The van der Waals surface area contributed by atoms with Gasteiger partial charge in [0.2, 0.25) is 0 Å². The first kappa shape index (κ1) is 8.01. The molecule has 0 bridgehead atoms. The Morgan fingerprint density at radius 3 is 2.22 bits per heavy atom. The number of Topliss-reactive ketones (excluding diaryl/α,β-unsaturated/α-hetero) is 2. The van der Waals surface area contributed by atoms with E-state index in [9.17, 15) is 14.4 Å². The van der Waals surface area contributed by atoms with Gasteiger partial charge < -0.3 is 4.79 Å². The molecule has 0 saturated carbocycles. The van der Waals surface area contributed by atoms with Gasteiger partial charge >= 0.3 is 0 Å². The summed E-state index contributed by atoms with van der Waals surface area (Å²) >= 11 is 0. The van der Waals surface area contributed by atoms with Gasteiger partial charge in [-0.1, -0.05) is 0 Å². The van der Waals surface area contributed by atoms with Gasteiger partial charge in [-0.15, -0.1) is 0 Å². The molecule has 0 heterocycles. The smallest absolute Gasteiger partial charge is 0.195 e. The molecule has 0 saturated heterocycles. The largest absolute Gasteiger partial charge is 0.300 e. The number of rotatable bonds is 4.